The minimum absolute atomic E-state index is 0.0355. The minimum Gasteiger partial charge on any atom is -0.490 e. The molecule has 0 aromatic heterocycles. The van der Waals surface area contributed by atoms with Crippen molar-refractivity contribution in [2.24, 2.45) is 0 Å². The number of aliphatic hydroxyl groups is 2. The van der Waals surface area contributed by atoms with E-state index in [1.807, 2.05) is 0 Å². The van der Waals surface area contributed by atoms with Gasteiger partial charge >= 0.3 is 0 Å². The van der Waals surface area contributed by atoms with E-state index in [-0.39, 0.29) is 24.7 Å². The predicted octanol–water partition coefficient (Wildman–Crippen LogP) is 3.56. The molecule has 8 heteroatoms. The van der Waals surface area contributed by atoms with Crippen LogP contribution in [-0.4, -0.2) is 35.3 Å². The number of benzene rings is 3. The summed E-state index contributed by atoms with van der Waals surface area (Å²) in [5.41, 5.74) is 1.80. The van der Waals surface area contributed by atoms with Gasteiger partial charge in [-0.25, -0.2) is 8.78 Å². The highest BCUT2D eigenvalue weighted by molar-refractivity contribution is 6.12. The molecule has 1 aliphatic rings. The number of ether oxygens (including phenoxy) is 2. The van der Waals surface area contributed by atoms with E-state index in [1.165, 1.54) is 6.07 Å². The summed E-state index contributed by atoms with van der Waals surface area (Å²) in [6.07, 6.45) is -1.05. The van der Waals surface area contributed by atoms with E-state index in [1.54, 1.807) is 36.4 Å². The number of aliphatic hydroxyl groups excluding tert-OH is 2. The first kappa shape index (κ1) is 20.8. The number of hydrogen-bond donors (Lipinski definition) is 3. The average molecular weight is 427 g/mol. The van der Waals surface area contributed by atoms with Crippen LogP contribution in [0.2, 0.25) is 0 Å². The summed E-state index contributed by atoms with van der Waals surface area (Å²) in [5.74, 6) is -1.02. The fraction of sp³-hybridized carbons (Fsp3) is 0.174. The fourth-order valence-electron chi connectivity index (χ4n) is 3.25. The zero-order chi connectivity index (χ0) is 22.0. The van der Waals surface area contributed by atoms with E-state index in [4.69, 9.17) is 14.6 Å². The maximum absolute atomic E-state index is 13.9. The molecule has 0 fully saturated rings. The Morgan fingerprint density at radius 1 is 1.10 bits per heavy atom. The SMILES string of the molecule is O=C1c2ccc(Nc3ccc(F)cc3F)cc2OCc2c(OC[C@@H](O)CO)cccc21. The molecule has 0 saturated heterocycles. The Balaban J connectivity index is 1.61. The topological polar surface area (TPSA) is 88.0 Å². The number of rotatable bonds is 6. The highest BCUT2D eigenvalue weighted by Crippen LogP contribution is 2.35. The second kappa shape index (κ2) is 8.71. The zero-order valence-corrected chi connectivity index (χ0v) is 16.3. The van der Waals surface area contributed by atoms with Crippen molar-refractivity contribution in [3.8, 4) is 11.5 Å². The largest absolute Gasteiger partial charge is 0.490 e. The Morgan fingerprint density at radius 2 is 1.94 bits per heavy atom. The summed E-state index contributed by atoms with van der Waals surface area (Å²) in [6.45, 7) is -0.542. The third kappa shape index (κ3) is 4.35. The Kier molecular flexibility index (Phi) is 5.83. The van der Waals surface area contributed by atoms with Crippen LogP contribution in [0, 0.1) is 11.6 Å². The van der Waals surface area contributed by atoms with Crippen LogP contribution in [0.3, 0.4) is 0 Å². The highest BCUT2D eigenvalue weighted by atomic mass is 19.1. The van der Waals surface area contributed by atoms with E-state index in [2.05, 4.69) is 5.32 Å². The molecule has 31 heavy (non-hydrogen) atoms. The van der Waals surface area contributed by atoms with Gasteiger partial charge in [0.1, 0.15) is 42.5 Å². The molecule has 0 aliphatic carbocycles. The first-order valence-corrected chi connectivity index (χ1v) is 9.53. The number of carbonyl (C=O) groups excluding carboxylic acids is 1. The standard InChI is InChI=1S/C23H19F2NO5/c24-13-4-7-20(19(25)8-13)26-14-5-6-17-22(9-14)31-12-18-16(23(17)29)2-1-3-21(18)30-11-15(28)10-27/h1-9,15,26-28H,10-12H2/t15-/m0/s1. The van der Waals surface area contributed by atoms with Gasteiger partial charge in [-0.2, -0.15) is 0 Å². The van der Waals surface area contributed by atoms with E-state index in [9.17, 15) is 18.7 Å². The number of anilines is 2. The van der Waals surface area contributed by atoms with Crippen molar-refractivity contribution in [3.05, 3.63) is 82.9 Å². The third-order valence-electron chi connectivity index (χ3n) is 4.83. The first-order chi connectivity index (χ1) is 15.0. The zero-order valence-electron chi connectivity index (χ0n) is 16.3. The van der Waals surface area contributed by atoms with Crippen LogP contribution in [0.5, 0.6) is 11.5 Å². The summed E-state index contributed by atoms with van der Waals surface area (Å²) < 4.78 is 38.5. The van der Waals surface area contributed by atoms with Gasteiger partial charge in [-0.3, -0.25) is 4.79 Å². The smallest absolute Gasteiger partial charge is 0.197 e. The normalized spacial score (nSPS) is 13.5. The van der Waals surface area contributed by atoms with Crippen molar-refractivity contribution < 1.29 is 33.3 Å². The van der Waals surface area contributed by atoms with Crippen LogP contribution < -0.4 is 14.8 Å². The van der Waals surface area contributed by atoms with Gasteiger partial charge in [0, 0.05) is 28.9 Å². The van der Waals surface area contributed by atoms with Crippen molar-refractivity contribution in [2.45, 2.75) is 12.7 Å². The molecule has 1 aliphatic heterocycles. The molecule has 6 nitrogen and oxygen atoms in total. The Morgan fingerprint density at radius 3 is 2.71 bits per heavy atom. The lowest BCUT2D eigenvalue weighted by Crippen LogP contribution is -2.22. The quantitative estimate of drug-likeness (QED) is 0.558. The summed E-state index contributed by atoms with van der Waals surface area (Å²) >= 11 is 0. The van der Waals surface area contributed by atoms with Crippen LogP contribution >= 0.6 is 0 Å². The van der Waals surface area contributed by atoms with Gasteiger partial charge in [-0.05, 0) is 30.3 Å². The monoisotopic (exact) mass is 427 g/mol. The molecule has 4 rings (SSSR count). The molecule has 0 spiro atoms. The number of nitrogens with one attached hydrogen (secondary N) is 1. The number of halogens is 2. The van der Waals surface area contributed by atoms with Gasteiger partial charge in [-0.15, -0.1) is 0 Å². The number of fused-ring (bicyclic) bond motifs is 2. The molecule has 3 aromatic rings. The van der Waals surface area contributed by atoms with Crippen LogP contribution in [0.1, 0.15) is 21.5 Å². The van der Waals surface area contributed by atoms with Crippen molar-refractivity contribution in [3.63, 3.8) is 0 Å². The molecule has 0 amide bonds. The van der Waals surface area contributed by atoms with Gasteiger partial charge in [-0.1, -0.05) is 12.1 Å². The van der Waals surface area contributed by atoms with Gasteiger partial charge in [0.05, 0.1) is 17.9 Å². The Bertz CT molecular complexity index is 1130. The summed E-state index contributed by atoms with van der Waals surface area (Å²) in [5, 5.41) is 21.3. The fourth-order valence-corrected chi connectivity index (χ4v) is 3.25. The van der Waals surface area contributed by atoms with E-state index < -0.39 is 24.3 Å². The second-order valence-corrected chi connectivity index (χ2v) is 7.01. The van der Waals surface area contributed by atoms with E-state index in [0.717, 1.165) is 12.1 Å². The molecule has 3 aromatic carbocycles. The van der Waals surface area contributed by atoms with E-state index >= 15 is 0 Å². The lowest BCUT2D eigenvalue weighted by molar-refractivity contribution is 0.0529. The number of carbonyl (C=O) groups is 1. The second-order valence-electron chi connectivity index (χ2n) is 7.01. The summed E-state index contributed by atoms with van der Waals surface area (Å²) in [6, 6.07) is 12.9. The molecule has 0 unspecified atom stereocenters. The van der Waals surface area contributed by atoms with Gasteiger partial charge < -0.3 is 25.0 Å². The molecule has 1 atom stereocenters. The van der Waals surface area contributed by atoms with E-state index in [0.29, 0.717) is 33.9 Å². The molecular formula is C23H19F2NO5. The maximum atomic E-state index is 13.9. The molecule has 160 valence electrons. The number of hydrogen-bond acceptors (Lipinski definition) is 6. The number of ketones is 1. The first-order valence-electron chi connectivity index (χ1n) is 9.53. The van der Waals surface area contributed by atoms with Crippen LogP contribution in [0.25, 0.3) is 0 Å². The van der Waals surface area contributed by atoms with Gasteiger partial charge in [0.2, 0.25) is 0 Å². The molecule has 0 saturated carbocycles. The molecule has 0 radical (unpaired) electrons. The third-order valence-corrected chi connectivity index (χ3v) is 4.83. The average Bonchev–Trinajstić information content (AvgIpc) is 2.91. The molecule has 0 bridgehead atoms. The minimum atomic E-state index is -1.05. The lowest BCUT2D eigenvalue weighted by Gasteiger charge is -2.14. The van der Waals surface area contributed by atoms with Crippen LogP contribution in [0.4, 0.5) is 20.2 Å². The molecule has 1 heterocycles. The molecular weight excluding hydrogens is 408 g/mol. The summed E-state index contributed by atoms with van der Waals surface area (Å²) in [4.78, 5) is 13.1. The Labute approximate surface area is 176 Å². The van der Waals surface area contributed by atoms with Gasteiger partial charge in [0.25, 0.3) is 0 Å². The van der Waals surface area contributed by atoms with Crippen molar-refractivity contribution in [2.75, 3.05) is 18.5 Å². The van der Waals surface area contributed by atoms with Gasteiger partial charge in [0.15, 0.2) is 5.78 Å². The van der Waals surface area contributed by atoms with Crippen molar-refractivity contribution in [1.29, 1.82) is 0 Å². The van der Waals surface area contributed by atoms with Crippen LogP contribution in [-0.2, 0) is 6.61 Å². The summed E-state index contributed by atoms with van der Waals surface area (Å²) in [7, 11) is 0. The lowest BCUT2D eigenvalue weighted by atomic mass is 9.98. The Hall–Kier alpha value is -3.49. The maximum Gasteiger partial charge on any atom is 0.197 e. The van der Waals surface area contributed by atoms with Crippen LogP contribution in [0.15, 0.2) is 54.6 Å². The molecule has 3 N–H and O–H groups in total. The highest BCUT2D eigenvalue weighted by Gasteiger charge is 2.25. The van der Waals surface area contributed by atoms with Crippen molar-refractivity contribution >= 4 is 17.2 Å². The predicted molar refractivity (Wildman–Crippen MR) is 109 cm³/mol. The van der Waals surface area contributed by atoms with Crippen molar-refractivity contribution in [1.82, 2.24) is 0 Å².